The Balaban J connectivity index is 3.89. The zero-order valence-electron chi connectivity index (χ0n) is 10.5. The van der Waals surface area contributed by atoms with Crippen LogP contribution in [0.3, 0.4) is 0 Å². The van der Waals surface area contributed by atoms with Crippen molar-refractivity contribution in [2.24, 2.45) is 11.1 Å². The molecule has 0 aromatic heterocycles. The van der Waals surface area contributed by atoms with Crippen molar-refractivity contribution in [2.75, 3.05) is 26.7 Å². The summed E-state index contributed by atoms with van der Waals surface area (Å²) in [5.74, 6) is 0. The Morgan fingerprint density at radius 3 is 2.29 bits per heavy atom. The summed E-state index contributed by atoms with van der Waals surface area (Å²) < 4.78 is 0. The van der Waals surface area contributed by atoms with Crippen LogP contribution < -0.4 is 5.73 Å². The second-order valence-corrected chi connectivity index (χ2v) is 4.86. The molecule has 0 heterocycles. The fourth-order valence-electron chi connectivity index (χ4n) is 2.01. The second-order valence-electron chi connectivity index (χ2n) is 4.86. The lowest BCUT2D eigenvalue weighted by Gasteiger charge is -2.32. The van der Waals surface area contributed by atoms with Gasteiger partial charge in [-0.05, 0) is 38.4 Å². The third-order valence-corrected chi connectivity index (χ3v) is 2.89. The Labute approximate surface area is 89.9 Å². The lowest BCUT2D eigenvalue weighted by Crippen LogP contribution is -2.39. The minimum absolute atomic E-state index is 0.317. The standard InChI is InChI=1S/C12H28N2/c1-5-7-9-14(4)11-12(3,10-13)8-6-2/h5-11,13H2,1-4H3. The molecular formula is C12H28N2. The van der Waals surface area contributed by atoms with Crippen molar-refractivity contribution < 1.29 is 0 Å². The van der Waals surface area contributed by atoms with Gasteiger partial charge in [-0.2, -0.15) is 0 Å². The molecule has 1 atom stereocenters. The average molecular weight is 200 g/mol. The first-order valence-electron chi connectivity index (χ1n) is 5.96. The van der Waals surface area contributed by atoms with Gasteiger partial charge in [-0.3, -0.25) is 0 Å². The number of nitrogens with zero attached hydrogens (tertiary/aromatic N) is 1. The molecule has 0 aliphatic carbocycles. The summed E-state index contributed by atoms with van der Waals surface area (Å²) in [4.78, 5) is 2.42. The molecule has 86 valence electrons. The maximum atomic E-state index is 5.84. The van der Waals surface area contributed by atoms with Crippen LogP contribution in [-0.4, -0.2) is 31.6 Å². The van der Waals surface area contributed by atoms with E-state index in [1.54, 1.807) is 0 Å². The van der Waals surface area contributed by atoms with E-state index in [9.17, 15) is 0 Å². The highest BCUT2D eigenvalue weighted by Crippen LogP contribution is 2.22. The Morgan fingerprint density at radius 1 is 1.21 bits per heavy atom. The van der Waals surface area contributed by atoms with Gasteiger partial charge in [-0.1, -0.05) is 33.6 Å². The summed E-state index contributed by atoms with van der Waals surface area (Å²) >= 11 is 0. The van der Waals surface area contributed by atoms with Crippen molar-refractivity contribution in [3.8, 4) is 0 Å². The van der Waals surface area contributed by atoms with Crippen molar-refractivity contribution in [1.29, 1.82) is 0 Å². The first-order valence-corrected chi connectivity index (χ1v) is 5.96. The molecule has 0 saturated carbocycles. The quantitative estimate of drug-likeness (QED) is 0.652. The summed E-state index contributed by atoms with van der Waals surface area (Å²) in [7, 11) is 2.21. The van der Waals surface area contributed by atoms with E-state index >= 15 is 0 Å². The molecule has 2 N–H and O–H groups in total. The third-order valence-electron chi connectivity index (χ3n) is 2.89. The second kappa shape index (κ2) is 7.24. The predicted molar refractivity (Wildman–Crippen MR) is 64.5 cm³/mol. The molecule has 2 heteroatoms. The van der Waals surface area contributed by atoms with Gasteiger partial charge < -0.3 is 10.6 Å². The topological polar surface area (TPSA) is 29.3 Å². The van der Waals surface area contributed by atoms with E-state index in [0.717, 1.165) is 13.1 Å². The minimum atomic E-state index is 0.317. The summed E-state index contributed by atoms with van der Waals surface area (Å²) in [5.41, 5.74) is 6.16. The molecular weight excluding hydrogens is 172 g/mol. The number of nitrogens with two attached hydrogens (primary N) is 1. The number of hydrogen-bond acceptors (Lipinski definition) is 2. The van der Waals surface area contributed by atoms with E-state index in [-0.39, 0.29) is 0 Å². The van der Waals surface area contributed by atoms with Gasteiger partial charge in [0.15, 0.2) is 0 Å². The Morgan fingerprint density at radius 2 is 1.86 bits per heavy atom. The van der Waals surface area contributed by atoms with Gasteiger partial charge in [-0.15, -0.1) is 0 Å². The molecule has 0 spiro atoms. The molecule has 0 aromatic rings. The van der Waals surface area contributed by atoms with E-state index in [2.05, 4.69) is 32.7 Å². The van der Waals surface area contributed by atoms with Crippen LogP contribution in [0, 0.1) is 5.41 Å². The van der Waals surface area contributed by atoms with Crippen molar-refractivity contribution in [3.05, 3.63) is 0 Å². The minimum Gasteiger partial charge on any atom is -0.330 e. The van der Waals surface area contributed by atoms with E-state index in [4.69, 9.17) is 5.73 Å². The van der Waals surface area contributed by atoms with Crippen LogP contribution in [-0.2, 0) is 0 Å². The highest BCUT2D eigenvalue weighted by molar-refractivity contribution is 4.78. The van der Waals surface area contributed by atoms with Crippen LogP contribution in [0.5, 0.6) is 0 Å². The molecule has 14 heavy (non-hydrogen) atoms. The van der Waals surface area contributed by atoms with Crippen molar-refractivity contribution in [3.63, 3.8) is 0 Å². The maximum Gasteiger partial charge on any atom is 0.00443 e. The zero-order chi connectivity index (χ0) is 11.0. The number of rotatable bonds is 8. The van der Waals surface area contributed by atoms with Crippen LogP contribution in [0.2, 0.25) is 0 Å². The molecule has 0 aromatic carbocycles. The van der Waals surface area contributed by atoms with Gasteiger partial charge >= 0.3 is 0 Å². The van der Waals surface area contributed by atoms with Crippen molar-refractivity contribution >= 4 is 0 Å². The molecule has 2 nitrogen and oxygen atoms in total. The molecule has 0 saturated heterocycles. The van der Waals surface area contributed by atoms with Crippen LogP contribution >= 0.6 is 0 Å². The normalized spacial score (nSPS) is 15.9. The Hall–Kier alpha value is -0.0800. The molecule has 0 amide bonds. The van der Waals surface area contributed by atoms with Crippen LogP contribution in [0.4, 0.5) is 0 Å². The highest BCUT2D eigenvalue weighted by Gasteiger charge is 2.22. The van der Waals surface area contributed by atoms with Gasteiger partial charge in [0.1, 0.15) is 0 Å². The maximum absolute atomic E-state index is 5.84. The van der Waals surface area contributed by atoms with Gasteiger partial charge in [0, 0.05) is 6.54 Å². The van der Waals surface area contributed by atoms with E-state index in [0.29, 0.717) is 5.41 Å². The van der Waals surface area contributed by atoms with Gasteiger partial charge in [0.05, 0.1) is 0 Å². The molecule has 0 rings (SSSR count). The van der Waals surface area contributed by atoms with Crippen molar-refractivity contribution in [2.45, 2.75) is 46.5 Å². The molecule has 0 bridgehead atoms. The SMILES string of the molecule is CCCCN(C)CC(C)(CN)CCC. The molecule has 1 unspecified atom stereocenters. The first-order chi connectivity index (χ1) is 6.58. The number of hydrogen-bond donors (Lipinski definition) is 1. The molecule has 0 fully saturated rings. The summed E-state index contributed by atoms with van der Waals surface area (Å²) in [5, 5.41) is 0. The predicted octanol–water partition coefficient (Wildman–Crippen LogP) is 2.48. The lowest BCUT2D eigenvalue weighted by molar-refractivity contribution is 0.183. The van der Waals surface area contributed by atoms with E-state index in [1.165, 1.54) is 32.2 Å². The van der Waals surface area contributed by atoms with Gasteiger partial charge in [0.25, 0.3) is 0 Å². The fraction of sp³-hybridized carbons (Fsp3) is 1.00. The van der Waals surface area contributed by atoms with Crippen LogP contribution in [0.1, 0.15) is 46.5 Å². The third kappa shape index (κ3) is 5.61. The summed E-state index contributed by atoms with van der Waals surface area (Å²) in [6.07, 6.45) is 5.04. The fourth-order valence-corrected chi connectivity index (χ4v) is 2.01. The molecule has 0 radical (unpaired) electrons. The average Bonchev–Trinajstić information content (AvgIpc) is 2.15. The molecule has 0 aliphatic rings. The largest absolute Gasteiger partial charge is 0.330 e. The number of unbranched alkanes of at least 4 members (excludes halogenated alkanes) is 1. The summed E-state index contributed by atoms with van der Waals surface area (Å²) in [6.45, 7) is 9.92. The van der Waals surface area contributed by atoms with Crippen molar-refractivity contribution in [1.82, 2.24) is 4.90 Å². The zero-order valence-corrected chi connectivity index (χ0v) is 10.5. The van der Waals surface area contributed by atoms with Gasteiger partial charge in [0.2, 0.25) is 0 Å². The van der Waals surface area contributed by atoms with E-state index < -0.39 is 0 Å². The Bertz CT molecular complexity index is 136. The summed E-state index contributed by atoms with van der Waals surface area (Å²) in [6, 6.07) is 0. The van der Waals surface area contributed by atoms with Crippen LogP contribution in [0.15, 0.2) is 0 Å². The van der Waals surface area contributed by atoms with Crippen LogP contribution in [0.25, 0.3) is 0 Å². The lowest BCUT2D eigenvalue weighted by atomic mass is 9.85. The van der Waals surface area contributed by atoms with E-state index in [1.807, 2.05) is 0 Å². The smallest absolute Gasteiger partial charge is 0.00443 e. The molecule has 0 aliphatic heterocycles. The monoisotopic (exact) mass is 200 g/mol. The highest BCUT2D eigenvalue weighted by atomic mass is 15.1. The first kappa shape index (κ1) is 13.9. The Kier molecular flexibility index (Phi) is 7.20. The van der Waals surface area contributed by atoms with Gasteiger partial charge in [-0.25, -0.2) is 0 Å².